The monoisotopic (exact) mass is 379 g/mol. The first-order chi connectivity index (χ1) is 13.5. The minimum absolute atomic E-state index is 0.103. The number of fused-ring (bicyclic) bond motifs is 1. The van der Waals surface area contributed by atoms with Crippen LogP contribution in [0.5, 0.6) is 5.75 Å². The van der Waals surface area contributed by atoms with Crippen molar-refractivity contribution in [2.24, 2.45) is 5.73 Å². The van der Waals surface area contributed by atoms with Gasteiger partial charge in [0, 0.05) is 23.7 Å². The van der Waals surface area contributed by atoms with Crippen LogP contribution in [0.4, 0.5) is 11.5 Å². The maximum absolute atomic E-state index is 12.0. The van der Waals surface area contributed by atoms with E-state index in [1.165, 1.54) is 5.56 Å². The Balaban J connectivity index is 2.05. The summed E-state index contributed by atoms with van der Waals surface area (Å²) in [5.74, 6) is 0.572. The van der Waals surface area contributed by atoms with E-state index in [0.717, 1.165) is 23.1 Å². The Labute approximate surface area is 164 Å². The number of aromatic nitrogens is 1. The van der Waals surface area contributed by atoms with Crippen LogP contribution in [0.3, 0.4) is 0 Å². The molecular weight excluding hydrogens is 354 g/mol. The van der Waals surface area contributed by atoms with E-state index in [2.05, 4.69) is 17.2 Å². The van der Waals surface area contributed by atoms with Crippen LogP contribution in [0.25, 0.3) is 10.9 Å². The van der Waals surface area contributed by atoms with E-state index in [9.17, 15) is 4.79 Å². The van der Waals surface area contributed by atoms with Crippen molar-refractivity contribution >= 4 is 28.3 Å². The van der Waals surface area contributed by atoms with Gasteiger partial charge in [-0.15, -0.1) is 0 Å². The number of ether oxygens (including phenoxy) is 1. The molecule has 3 aromatic rings. The van der Waals surface area contributed by atoms with E-state index in [4.69, 9.17) is 15.6 Å². The zero-order valence-corrected chi connectivity index (χ0v) is 16.2. The summed E-state index contributed by atoms with van der Waals surface area (Å²) >= 11 is 0. The molecule has 28 heavy (non-hydrogen) atoms. The fourth-order valence-electron chi connectivity index (χ4n) is 3.15. The molecular formula is C22H25N3O3. The fourth-order valence-corrected chi connectivity index (χ4v) is 3.15. The van der Waals surface area contributed by atoms with Gasteiger partial charge in [0.05, 0.1) is 18.2 Å². The number of anilines is 2. The van der Waals surface area contributed by atoms with Crippen molar-refractivity contribution in [1.29, 1.82) is 0 Å². The zero-order valence-electron chi connectivity index (χ0n) is 16.2. The number of methoxy groups -OCH3 is 1. The second-order valence-corrected chi connectivity index (χ2v) is 6.61. The molecule has 4 N–H and O–H groups in total. The molecule has 0 fully saturated rings. The molecule has 0 atom stereocenters. The first-order valence-corrected chi connectivity index (χ1v) is 9.34. The van der Waals surface area contributed by atoms with Crippen molar-refractivity contribution in [1.82, 2.24) is 4.98 Å². The minimum atomic E-state index is -0.546. The van der Waals surface area contributed by atoms with Crippen LogP contribution < -0.4 is 15.8 Å². The Morgan fingerprint density at radius 2 is 1.96 bits per heavy atom. The average molecular weight is 379 g/mol. The van der Waals surface area contributed by atoms with Crippen LogP contribution in [-0.4, -0.2) is 29.7 Å². The summed E-state index contributed by atoms with van der Waals surface area (Å²) in [5, 5.41) is 13.1. The highest BCUT2D eigenvalue weighted by Gasteiger charge is 2.15. The molecule has 0 aliphatic carbocycles. The van der Waals surface area contributed by atoms with Crippen molar-refractivity contribution in [3.8, 4) is 5.75 Å². The molecule has 1 aromatic heterocycles. The van der Waals surface area contributed by atoms with Crippen LogP contribution in [0.15, 0.2) is 42.5 Å². The van der Waals surface area contributed by atoms with Gasteiger partial charge in [0.1, 0.15) is 11.6 Å². The Morgan fingerprint density at radius 1 is 1.21 bits per heavy atom. The number of primary amides is 1. The number of nitrogens with zero attached hydrogens (tertiary/aromatic N) is 1. The number of nitrogens with one attached hydrogen (secondary N) is 1. The van der Waals surface area contributed by atoms with Gasteiger partial charge in [-0.1, -0.05) is 19.1 Å². The lowest BCUT2D eigenvalue weighted by Gasteiger charge is -2.14. The molecule has 0 saturated heterocycles. The average Bonchev–Trinajstić information content (AvgIpc) is 2.71. The topological polar surface area (TPSA) is 97.5 Å². The SMILES string of the molecule is CCc1ccc(Nc2nc3cc(OC)c(CCCO)cc3cc2C(N)=O)cc1. The standard InChI is InChI=1S/C22H25N3O3/c1-3-14-6-8-17(9-7-14)24-22-18(21(23)27)12-16-11-15(5-4-10-26)20(28-2)13-19(16)25-22/h6-9,11-13,26H,3-5,10H2,1-2H3,(H2,23,27)(H,24,25). The van der Waals surface area contributed by atoms with E-state index in [0.29, 0.717) is 35.5 Å². The van der Waals surface area contributed by atoms with Crippen molar-refractivity contribution in [2.75, 3.05) is 19.0 Å². The summed E-state index contributed by atoms with van der Waals surface area (Å²) in [4.78, 5) is 16.6. The van der Waals surface area contributed by atoms with E-state index in [1.807, 2.05) is 36.4 Å². The number of aliphatic hydroxyl groups excluding tert-OH is 1. The summed E-state index contributed by atoms with van der Waals surface area (Å²) in [6.45, 7) is 2.20. The number of aryl methyl sites for hydroxylation is 2. The fraction of sp³-hybridized carbons (Fsp3) is 0.273. The highest BCUT2D eigenvalue weighted by molar-refractivity contribution is 6.02. The maximum Gasteiger partial charge on any atom is 0.252 e. The van der Waals surface area contributed by atoms with Crippen LogP contribution in [0.1, 0.15) is 34.8 Å². The normalized spacial score (nSPS) is 10.8. The van der Waals surface area contributed by atoms with Crippen LogP contribution in [0.2, 0.25) is 0 Å². The molecule has 0 unspecified atom stereocenters. The third kappa shape index (κ3) is 4.23. The van der Waals surface area contributed by atoms with Gasteiger partial charge >= 0.3 is 0 Å². The third-order valence-electron chi connectivity index (χ3n) is 4.71. The van der Waals surface area contributed by atoms with E-state index in [1.54, 1.807) is 13.2 Å². The van der Waals surface area contributed by atoms with Crippen molar-refractivity contribution in [3.63, 3.8) is 0 Å². The van der Waals surface area contributed by atoms with Crippen molar-refractivity contribution in [3.05, 3.63) is 59.2 Å². The van der Waals surface area contributed by atoms with Crippen molar-refractivity contribution in [2.45, 2.75) is 26.2 Å². The lowest BCUT2D eigenvalue weighted by Crippen LogP contribution is -2.14. The molecule has 6 heteroatoms. The molecule has 0 saturated carbocycles. The third-order valence-corrected chi connectivity index (χ3v) is 4.71. The summed E-state index contributed by atoms with van der Waals surface area (Å²) in [6.07, 6.45) is 2.26. The van der Waals surface area contributed by atoms with Gasteiger partial charge in [0.25, 0.3) is 5.91 Å². The Bertz CT molecular complexity index is 984. The predicted octanol–water partition coefficient (Wildman–Crippen LogP) is 3.57. The first kappa shape index (κ1) is 19.6. The van der Waals surface area contributed by atoms with Crippen LogP contribution in [-0.2, 0) is 12.8 Å². The number of hydrogen-bond donors (Lipinski definition) is 3. The first-order valence-electron chi connectivity index (χ1n) is 9.34. The number of carbonyl (C=O) groups is 1. The number of benzene rings is 2. The molecule has 3 rings (SSSR count). The molecule has 0 aliphatic rings. The van der Waals surface area contributed by atoms with Gasteiger partial charge < -0.3 is 20.9 Å². The molecule has 1 heterocycles. The molecule has 2 aromatic carbocycles. The molecule has 0 spiro atoms. The Morgan fingerprint density at radius 3 is 2.57 bits per heavy atom. The molecule has 0 bridgehead atoms. The second-order valence-electron chi connectivity index (χ2n) is 6.61. The number of nitrogens with two attached hydrogens (primary N) is 1. The van der Waals surface area contributed by atoms with Crippen LogP contribution >= 0.6 is 0 Å². The summed E-state index contributed by atoms with van der Waals surface area (Å²) in [7, 11) is 1.61. The summed E-state index contributed by atoms with van der Waals surface area (Å²) in [5.41, 5.74) is 9.64. The molecule has 6 nitrogen and oxygen atoms in total. The number of aliphatic hydroxyl groups is 1. The predicted molar refractivity (Wildman–Crippen MR) is 111 cm³/mol. The van der Waals surface area contributed by atoms with E-state index >= 15 is 0 Å². The quantitative estimate of drug-likeness (QED) is 0.556. The summed E-state index contributed by atoms with van der Waals surface area (Å²) in [6, 6.07) is 13.5. The number of amides is 1. The smallest absolute Gasteiger partial charge is 0.252 e. The number of carbonyl (C=O) groups excluding carboxylic acids is 1. The highest BCUT2D eigenvalue weighted by atomic mass is 16.5. The van der Waals surface area contributed by atoms with Gasteiger partial charge in [-0.3, -0.25) is 4.79 Å². The number of rotatable bonds is 8. The van der Waals surface area contributed by atoms with Gasteiger partial charge in [0.15, 0.2) is 0 Å². The summed E-state index contributed by atoms with van der Waals surface area (Å²) < 4.78 is 5.48. The number of hydrogen-bond acceptors (Lipinski definition) is 5. The Hall–Kier alpha value is -3.12. The second kappa shape index (κ2) is 8.71. The molecule has 0 aliphatic heterocycles. The van der Waals surface area contributed by atoms with E-state index < -0.39 is 5.91 Å². The van der Waals surface area contributed by atoms with Gasteiger partial charge in [-0.05, 0) is 54.7 Å². The van der Waals surface area contributed by atoms with Gasteiger partial charge in [0.2, 0.25) is 0 Å². The lowest BCUT2D eigenvalue weighted by atomic mass is 10.0. The Kier molecular flexibility index (Phi) is 6.11. The molecule has 1 amide bonds. The zero-order chi connectivity index (χ0) is 20.1. The van der Waals surface area contributed by atoms with Gasteiger partial charge in [-0.2, -0.15) is 0 Å². The minimum Gasteiger partial charge on any atom is -0.496 e. The molecule has 146 valence electrons. The van der Waals surface area contributed by atoms with Crippen LogP contribution in [0, 0.1) is 0 Å². The van der Waals surface area contributed by atoms with Gasteiger partial charge in [-0.25, -0.2) is 4.98 Å². The maximum atomic E-state index is 12.0. The highest BCUT2D eigenvalue weighted by Crippen LogP contribution is 2.30. The van der Waals surface area contributed by atoms with Crippen molar-refractivity contribution < 1.29 is 14.6 Å². The number of pyridine rings is 1. The largest absolute Gasteiger partial charge is 0.496 e. The lowest BCUT2D eigenvalue weighted by molar-refractivity contribution is 0.100. The van der Waals surface area contributed by atoms with E-state index in [-0.39, 0.29) is 6.61 Å². The molecule has 0 radical (unpaired) electrons.